The Balaban J connectivity index is 1.94. The van der Waals surface area contributed by atoms with Crippen LogP contribution in [0.4, 0.5) is 0 Å². The third-order valence-corrected chi connectivity index (χ3v) is 2.85. The van der Waals surface area contributed by atoms with Crippen LogP contribution >= 0.6 is 0 Å². The largest absolute Gasteiger partial charge is 0.382 e. The van der Waals surface area contributed by atoms with Crippen molar-refractivity contribution in [2.75, 3.05) is 60.2 Å². The minimum absolute atomic E-state index is 0.697. The van der Waals surface area contributed by atoms with Crippen molar-refractivity contribution in [3.05, 3.63) is 0 Å². The van der Waals surface area contributed by atoms with Crippen LogP contribution < -0.4 is 5.32 Å². The maximum absolute atomic E-state index is 5.45. The molecular weight excluding hydrogens is 192 g/mol. The second kappa shape index (κ2) is 8.05. The van der Waals surface area contributed by atoms with E-state index in [2.05, 4.69) is 10.2 Å². The van der Waals surface area contributed by atoms with Crippen molar-refractivity contribution in [2.45, 2.75) is 6.42 Å². The Morgan fingerprint density at radius 3 is 2.93 bits per heavy atom. The molecule has 1 heterocycles. The first-order valence-electron chi connectivity index (χ1n) is 5.80. The van der Waals surface area contributed by atoms with Gasteiger partial charge < -0.3 is 19.7 Å². The van der Waals surface area contributed by atoms with Gasteiger partial charge in [0.1, 0.15) is 0 Å². The standard InChI is InChI=1S/C11H24N2O2/c1-12-9-11-3-4-13(10-11)5-6-15-8-7-14-2/h11-12H,3-10H2,1-2H3. The topological polar surface area (TPSA) is 33.7 Å². The molecule has 0 radical (unpaired) electrons. The van der Waals surface area contributed by atoms with E-state index < -0.39 is 0 Å². The molecule has 0 aliphatic carbocycles. The van der Waals surface area contributed by atoms with Gasteiger partial charge in [0.2, 0.25) is 0 Å². The van der Waals surface area contributed by atoms with E-state index in [0.29, 0.717) is 13.2 Å². The third kappa shape index (κ3) is 5.47. The molecule has 1 unspecified atom stereocenters. The predicted molar refractivity (Wildman–Crippen MR) is 61.2 cm³/mol. The lowest BCUT2D eigenvalue weighted by atomic mass is 10.1. The number of hydrogen-bond donors (Lipinski definition) is 1. The van der Waals surface area contributed by atoms with Crippen molar-refractivity contribution >= 4 is 0 Å². The van der Waals surface area contributed by atoms with E-state index in [1.54, 1.807) is 7.11 Å². The van der Waals surface area contributed by atoms with Gasteiger partial charge in [-0.3, -0.25) is 0 Å². The van der Waals surface area contributed by atoms with Crippen molar-refractivity contribution in [2.24, 2.45) is 5.92 Å². The molecule has 0 aromatic rings. The van der Waals surface area contributed by atoms with E-state index in [1.165, 1.54) is 19.5 Å². The van der Waals surface area contributed by atoms with Crippen LogP contribution in [0.15, 0.2) is 0 Å². The van der Waals surface area contributed by atoms with Gasteiger partial charge in [-0.2, -0.15) is 0 Å². The summed E-state index contributed by atoms with van der Waals surface area (Å²) in [6.07, 6.45) is 1.32. The summed E-state index contributed by atoms with van der Waals surface area (Å²) in [7, 11) is 3.72. The molecule has 1 aliphatic rings. The molecule has 0 aromatic heterocycles. The highest BCUT2D eigenvalue weighted by atomic mass is 16.5. The minimum Gasteiger partial charge on any atom is -0.382 e. The lowest BCUT2D eigenvalue weighted by molar-refractivity contribution is 0.0599. The molecule has 0 spiro atoms. The molecule has 90 valence electrons. The van der Waals surface area contributed by atoms with E-state index >= 15 is 0 Å². The van der Waals surface area contributed by atoms with Crippen LogP contribution in [0.5, 0.6) is 0 Å². The zero-order valence-electron chi connectivity index (χ0n) is 10.00. The zero-order chi connectivity index (χ0) is 10.9. The summed E-state index contributed by atoms with van der Waals surface area (Å²) >= 11 is 0. The smallest absolute Gasteiger partial charge is 0.0700 e. The first-order valence-corrected chi connectivity index (χ1v) is 5.80. The molecule has 1 rings (SSSR count). The molecule has 0 aromatic carbocycles. The average Bonchev–Trinajstić information content (AvgIpc) is 2.66. The van der Waals surface area contributed by atoms with Crippen LogP contribution in [0, 0.1) is 5.92 Å². The van der Waals surface area contributed by atoms with Crippen molar-refractivity contribution in [3.63, 3.8) is 0 Å². The Hall–Kier alpha value is -0.160. The van der Waals surface area contributed by atoms with E-state index in [1.807, 2.05) is 7.05 Å². The van der Waals surface area contributed by atoms with Gasteiger partial charge in [0, 0.05) is 20.2 Å². The van der Waals surface area contributed by atoms with Gasteiger partial charge in [0.25, 0.3) is 0 Å². The summed E-state index contributed by atoms with van der Waals surface area (Å²) in [5.74, 6) is 0.828. The summed E-state index contributed by atoms with van der Waals surface area (Å²) < 4.78 is 10.4. The number of ether oxygens (including phenoxy) is 2. The van der Waals surface area contributed by atoms with Crippen molar-refractivity contribution in [3.8, 4) is 0 Å². The van der Waals surface area contributed by atoms with E-state index in [-0.39, 0.29) is 0 Å². The molecule has 0 bridgehead atoms. The number of hydrogen-bond acceptors (Lipinski definition) is 4. The Morgan fingerprint density at radius 1 is 1.33 bits per heavy atom. The van der Waals surface area contributed by atoms with Gasteiger partial charge in [0.15, 0.2) is 0 Å². The summed E-state index contributed by atoms with van der Waals surface area (Å²) in [6, 6.07) is 0. The third-order valence-electron chi connectivity index (χ3n) is 2.85. The fraction of sp³-hybridized carbons (Fsp3) is 1.00. The van der Waals surface area contributed by atoms with Gasteiger partial charge in [-0.15, -0.1) is 0 Å². The highest BCUT2D eigenvalue weighted by Crippen LogP contribution is 2.14. The first-order chi connectivity index (χ1) is 7.36. The van der Waals surface area contributed by atoms with E-state index in [9.17, 15) is 0 Å². The monoisotopic (exact) mass is 216 g/mol. The second-order valence-corrected chi connectivity index (χ2v) is 4.12. The van der Waals surface area contributed by atoms with E-state index in [0.717, 1.165) is 25.6 Å². The van der Waals surface area contributed by atoms with Crippen LogP contribution in [0.3, 0.4) is 0 Å². The van der Waals surface area contributed by atoms with Gasteiger partial charge in [-0.1, -0.05) is 0 Å². The van der Waals surface area contributed by atoms with Crippen molar-refractivity contribution in [1.29, 1.82) is 0 Å². The lowest BCUT2D eigenvalue weighted by Crippen LogP contribution is -2.27. The second-order valence-electron chi connectivity index (χ2n) is 4.12. The normalized spacial score (nSPS) is 22.4. The highest BCUT2D eigenvalue weighted by molar-refractivity contribution is 4.76. The Morgan fingerprint density at radius 2 is 2.20 bits per heavy atom. The van der Waals surface area contributed by atoms with Gasteiger partial charge in [-0.05, 0) is 32.5 Å². The van der Waals surface area contributed by atoms with Crippen LogP contribution in [-0.4, -0.2) is 65.1 Å². The Bertz CT molecular complexity index is 156. The van der Waals surface area contributed by atoms with Crippen LogP contribution in [-0.2, 0) is 9.47 Å². The fourth-order valence-corrected chi connectivity index (χ4v) is 2.01. The Labute approximate surface area is 92.9 Å². The number of likely N-dealkylation sites (tertiary alicyclic amines) is 1. The molecule has 1 aliphatic heterocycles. The molecule has 1 atom stereocenters. The van der Waals surface area contributed by atoms with Gasteiger partial charge in [-0.25, -0.2) is 0 Å². The SMILES string of the molecule is CNCC1CCN(CCOCCOC)C1. The maximum atomic E-state index is 5.45. The summed E-state index contributed by atoms with van der Waals surface area (Å²) in [6.45, 7) is 6.88. The summed E-state index contributed by atoms with van der Waals surface area (Å²) in [5.41, 5.74) is 0. The molecule has 0 amide bonds. The van der Waals surface area contributed by atoms with Crippen molar-refractivity contribution < 1.29 is 9.47 Å². The maximum Gasteiger partial charge on any atom is 0.0700 e. The quantitative estimate of drug-likeness (QED) is 0.587. The van der Waals surface area contributed by atoms with Gasteiger partial charge in [0.05, 0.1) is 19.8 Å². The van der Waals surface area contributed by atoms with Crippen LogP contribution in [0.1, 0.15) is 6.42 Å². The van der Waals surface area contributed by atoms with Crippen LogP contribution in [0.25, 0.3) is 0 Å². The molecule has 4 heteroatoms. The van der Waals surface area contributed by atoms with E-state index in [4.69, 9.17) is 9.47 Å². The molecule has 1 fully saturated rings. The molecule has 0 saturated carbocycles. The fourth-order valence-electron chi connectivity index (χ4n) is 2.01. The minimum atomic E-state index is 0.697. The average molecular weight is 216 g/mol. The van der Waals surface area contributed by atoms with Crippen LogP contribution in [0.2, 0.25) is 0 Å². The summed E-state index contributed by atoms with van der Waals surface area (Å²) in [4.78, 5) is 2.48. The van der Waals surface area contributed by atoms with Crippen molar-refractivity contribution in [1.82, 2.24) is 10.2 Å². The zero-order valence-corrected chi connectivity index (χ0v) is 10.00. The lowest BCUT2D eigenvalue weighted by Gasteiger charge is -2.15. The molecule has 4 nitrogen and oxygen atoms in total. The number of methoxy groups -OCH3 is 1. The Kier molecular flexibility index (Phi) is 6.92. The number of rotatable bonds is 8. The molecule has 1 N–H and O–H groups in total. The van der Waals surface area contributed by atoms with Gasteiger partial charge >= 0.3 is 0 Å². The molecule has 15 heavy (non-hydrogen) atoms. The predicted octanol–water partition coefficient (Wildman–Crippen LogP) is 0.191. The summed E-state index contributed by atoms with van der Waals surface area (Å²) in [5, 5.41) is 3.24. The number of nitrogens with zero attached hydrogens (tertiary/aromatic N) is 1. The molecular formula is C11H24N2O2. The number of nitrogens with one attached hydrogen (secondary N) is 1. The molecule has 1 saturated heterocycles. The highest BCUT2D eigenvalue weighted by Gasteiger charge is 2.20. The first kappa shape index (κ1) is 12.9.